The molecule has 4 rings (SSSR count). The highest BCUT2D eigenvalue weighted by molar-refractivity contribution is 5.98. The molecule has 0 unspecified atom stereocenters. The van der Waals surface area contributed by atoms with Crippen LogP contribution >= 0.6 is 0 Å². The van der Waals surface area contributed by atoms with Gasteiger partial charge in [-0.1, -0.05) is 42.0 Å². The van der Waals surface area contributed by atoms with Gasteiger partial charge in [-0.2, -0.15) is 15.0 Å². The number of Topliss-reactive ketones (excluding diaryl/α,β-unsaturated/α-hetero) is 1. The van der Waals surface area contributed by atoms with Crippen molar-refractivity contribution in [2.24, 2.45) is 5.92 Å². The van der Waals surface area contributed by atoms with E-state index in [1.54, 1.807) is 12.4 Å². The summed E-state index contributed by atoms with van der Waals surface area (Å²) < 4.78 is 0. The van der Waals surface area contributed by atoms with Crippen LogP contribution in [0.1, 0.15) is 52.5 Å². The van der Waals surface area contributed by atoms with Crippen LogP contribution in [0.15, 0.2) is 60.9 Å². The van der Waals surface area contributed by atoms with Crippen LogP contribution in [0.3, 0.4) is 0 Å². The zero-order valence-corrected chi connectivity index (χ0v) is 17.4. The average molecular weight is 402 g/mol. The predicted octanol–water partition coefficient (Wildman–Crippen LogP) is 4.09. The lowest BCUT2D eigenvalue weighted by molar-refractivity contribution is 0.0539. The Morgan fingerprint density at radius 3 is 2.50 bits per heavy atom. The molecule has 6 nitrogen and oxygen atoms in total. The first-order valence-electron chi connectivity index (χ1n) is 10.4. The number of rotatable bonds is 5. The minimum atomic E-state index is -0.0321. The Morgan fingerprint density at radius 1 is 1.03 bits per heavy atom. The molecule has 1 aliphatic rings. The molecule has 0 aliphatic carbocycles. The van der Waals surface area contributed by atoms with Crippen molar-refractivity contribution >= 4 is 11.7 Å². The van der Waals surface area contributed by atoms with Crippen LogP contribution < -0.4 is 0 Å². The van der Waals surface area contributed by atoms with Gasteiger partial charge in [0, 0.05) is 24.6 Å². The molecule has 1 saturated heterocycles. The quantitative estimate of drug-likeness (QED) is 0.603. The number of hydrogen-bond donors (Lipinski definition) is 0. The molecule has 6 heteroatoms. The summed E-state index contributed by atoms with van der Waals surface area (Å²) in [7, 11) is 0. The van der Waals surface area contributed by atoms with Crippen molar-refractivity contribution in [2.45, 2.75) is 39.2 Å². The molecule has 1 aromatic heterocycles. The number of aromatic nitrogens is 3. The van der Waals surface area contributed by atoms with E-state index in [-0.39, 0.29) is 23.7 Å². The number of carbonyl (C=O) groups excluding carboxylic acids is 2. The third-order valence-electron chi connectivity index (χ3n) is 5.83. The highest BCUT2D eigenvalue weighted by Gasteiger charge is 2.32. The largest absolute Gasteiger partial charge is 0.336 e. The summed E-state index contributed by atoms with van der Waals surface area (Å²) in [5.74, 6) is 0.267. The van der Waals surface area contributed by atoms with Gasteiger partial charge in [0.1, 0.15) is 0 Å². The number of benzene rings is 2. The average Bonchev–Trinajstić information content (AvgIpc) is 3.30. The first kappa shape index (κ1) is 20.0. The van der Waals surface area contributed by atoms with Gasteiger partial charge in [0.2, 0.25) is 0 Å². The van der Waals surface area contributed by atoms with Gasteiger partial charge in [0.25, 0.3) is 5.91 Å². The van der Waals surface area contributed by atoms with E-state index in [0.29, 0.717) is 24.2 Å². The lowest BCUT2D eigenvalue weighted by atomic mass is 9.87. The lowest BCUT2D eigenvalue weighted by Crippen LogP contribution is -2.46. The maximum Gasteiger partial charge on any atom is 0.256 e. The molecule has 2 heterocycles. The molecule has 1 amide bonds. The highest BCUT2D eigenvalue weighted by atomic mass is 16.2. The fourth-order valence-corrected chi connectivity index (χ4v) is 4.13. The van der Waals surface area contributed by atoms with E-state index in [2.05, 4.69) is 17.1 Å². The van der Waals surface area contributed by atoms with Gasteiger partial charge in [0.15, 0.2) is 5.78 Å². The van der Waals surface area contributed by atoms with E-state index >= 15 is 0 Å². The maximum atomic E-state index is 13.6. The third-order valence-corrected chi connectivity index (χ3v) is 5.83. The molecule has 30 heavy (non-hydrogen) atoms. The van der Waals surface area contributed by atoms with Crippen molar-refractivity contribution in [1.29, 1.82) is 0 Å². The Balaban J connectivity index is 1.55. The van der Waals surface area contributed by atoms with Crippen LogP contribution in [0.2, 0.25) is 0 Å². The monoisotopic (exact) mass is 402 g/mol. The van der Waals surface area contributed by atoms with Gasteiger partial charge in [-0.15, -0.1) is 0 Å². The number of amides is 1. The first-order chi connectivity index (χ1) is 14.5. The van der Waals surface area contributed by atoms with Gasteiger partial charge < -0.3 is 4.90 Å². The van der Waals surface area contributed by atoms with Crippen molar-refractivity contribution in [3.63, 3.8) is 0 Å². The molecule has 3 aromatic rings. The topological polar surface area (TPSA) is 68.1 Å². The minimum absolute atomic E-state index is 0.0321. The van der Waals surface area contributed by atoms with Gasteiger partial charge in [0.05, 0.1) is 23.6 Å². The number of nitrogens with zero attached hydrogens (tertiary/aromatic N) is 4. The molecule has 1 fully saturated rings. The molecule has 1 aliphatic heterocycles. The van der Waals surface area contributed by atoms with E-state index in [1.807, 2.05) is 60.4 Å². The fraction of sp³-hybridized carbons (Fsp3) is 0.333. The Morgan fingerprint density at radius 2 is 1.77 bits per heavy atom. The Labute approximate surface area is 176 Å². The second kappa shape index (κ2) is 8.61. The van der Waals surface area contributed by atoms with Crippen molar-refractivity contribution in [1.82, 2.24) is 19.9 Å². The van der Waals surface area contributed by atoms with E-state index in [1.165, 1.54) is 4.80 Å². The summed E-state index contributed by atoms with van der Waals surface area (Å²) in [4.78, 5) is 29.6. The minimum Gasteiger partial charge on any atom is -0.336 e. The molecule has 0 saturated carbocycles. The first-order valence-corrected chi connectivity index (χ1v) is 10.4. The SMILES string of the molecule is Cc1ccc(-n2nccn2)c(C(=O)N2C[C@H](CC(=O)c3ccccc3)CC[C@@H]2C)c1. The molecule has 0 N–H and O–H groups in total. The smallest absolute Gasteiger partial charge is 0.256 e. The second-order valence-electron chi connectivity index (χ2n) is 8.08. The summed E-state index contributed by atoms with van der Waals surface area (Å²) in [6.45, 7) is 4.63. The number of carbonyl (C=O) groups is 2. The standard InChI is InChI=1S/C24H26N4O2/c1-17-8-11-22(28-25-12-13-26-28)21(14-17)24(30)27-16-19(10-9-18(27)2)15-23(29)20-6-4-3-5-7-20/h3-8,11-14,18-19H,9-10,15-16H2,1-2H3/t18-,19-/m0/s1. The van der Waals surface area contributed by atoms with Crippen LogP contribution in [0.4, 0.5) is 0 Å². The zero-order chi connectivity index (χ0) is 21.1. The van der Waals surface area contributed by atoms with Gasteiger partial charge in [-0.05, 0) is 44.7 Å². The number of ketones is 1. The Hall–Kier alpha value is -3.28. The summed E-state index contributed by atoms with van der Waals surface area (Å²) in [6, 6.07) is 15.2. The number of aryl methyl sites for hydroxylation is 1. The predicted molar refractivity (Wildman–Crippen MR) is 115 cm³/mol. The van der Waals surface area contributed by atoms with Crippen LogP contribution in [0, 0.1) is 12.8 Å². The fourth-order valence-electron chi connectivity index (χ4n) is 4.13. The van der Waals surface area contributed by atoms with E-state index in [4.69, 9.17) is 0 Å². The van der Waals surface area contributed by atoms with Crippen molar-refractivity contribution in [3.8, 4) is 5.69 Å². The molecule has 0 spiro atoms. The summed E-state index contributed by atoms with van der Waals surface area (Å²) in [5.41, 5.74) is 3.01. The summed E-state index contributed by atoms with van der Waals surface area (Å²) >= 11 is 0. The number of hydrogen-bond acceptors (Lipinski definition) is 4. The zero-order valence-electron chi connectivity index (χ0n) is 17.4. The van der Waals surface area contributed by atoms with Gasteiger partial charge in [-0.25, -0.2) is 0 Å². The Bertz CT molecular complexity index is 1030. The molecule has 2 aromatic carbocycles. The normalized spacial score (nSPS) is 18.9. The number of likely N-dealkylation sites (tertiary alicyclic amines) is 1. The highest BCUT2D eigenvalue weighted by Crippen LogP contribution is 2.28. The molecular weight excluding hydrogens is 376 g/mol. The van der Waals surface area contributed by atoms with Gasteiger partial charge >= 0.3 is 0 Å². The molecule has 2 atom stereocenters. The van der Waals surface area contributed by atoms with Crippen LogP contribution in [0.5, 0.6) is 0 Å². The van der Waals surface area contributed by atoms with Crippen LogP contribution in [-0.2, 0) is 0 Å². The second-order valence-corrected chi connectivity index (χ2v) is 8.08. The van der Waals surface area contributed by atoms with Crippen LogP contribution in [0.25, 0.3) is 5.69 Å². The third kappa shape index (κ3) is 4.17. The van der Waals surface area contributed by atoms with E-state index in [9.17, 15) is 9.59 Å². The van der Waals surface area contributed by atoms with Crippen molar-refractivity contribution < 1.29 is 9.59 Å². The summed E-state index contributed by atoms with van der Waals surface area (Å²) in [6.07, 6.45) is 5.50. The van der Waals surface area contributed by atoms with E-state index in [0.717, 1.165) is 24.0 Å². The van der Waals surface area contributed by atoms with Crippen LogP contribution in [-0.4, -0.2) is 44.2 Å². The molecular formula is C24H26N4O2. The molecule has 0 bridgehead atoms. The van der Waals surface area contributed by atoms with Gasteiger partial charge in [-0.3, -0.25) is 9.59 Å². The van der Waals surface area contributed by atoms with Crippen molar-refractivity contribution in [2.75, 3.05) is 6.54 Å². The summed E-state index contributed by atoms with van der Waals surface area (Å²) in [5, 5.41) is 8.40. The number of piperidine rings is 1. The molecule has 154 valence electrons. The Kier molecular flexibility index (Phi) is 5.74. The van der Waals surface area contributed by atoms with E-state index < -0.39 is 0 Å². The molecule has 0 radical (unpaired) electrons. The maximum absolute atomic E-state index is 13.6. The lowest BCUT2D eigenvalue weighted by Gasteiger charge is -2.38. The van der Waals surface area contributed by atoms with Crippen molar-refractivity contribution in [3.05, 3.63) is 77.6 Å².